The van der Waals surface area contributed by atoms with Crippen LogP contribution in [0.4, 0.5) is 0 Å². The van der Waals surface area contributed by atoms with Crippen LogP contribution >= 0.6 is 27.3 Å². The highest BCUT2D eigenvalue weighted by atomic mass is 79.9. The first kappa shape index (κ1) is 12.6. The highest BCUT2D eigenvalue weighted by Crippen LogP contribution is 2.13. The fourth-order valence-electron chi connectivity index (χ4n) is 1.02. The predicted octanol–water partition coefficient (Wildman–Crippen LogP) is 2.60. The minimum absolute atomic E-state index is 0.0269. The molecule has 1 aromatic rings. The summed E-state index contributed by atoms with van der Waals surface area (Å²) in [6.07, 6.45) is 1.63. The summed E-state index contributed by atoms with van der Waals surface area (Å²) in [5.41, 5.74) is 0. The van der Waals surface area contributed by atoms with Crippen molar-refractivity contribution in [2.24, 2.45) is 5.92 Å². The maximum absolute atomic E-state index is 11.7. The fraction of sp³-hybridized carbons (Fsp3) is 0.600. The minimum Gasteiger partial charge on any atom is -0.349 e. The number of hydrogen-bond donors (Lipinski definition) is 1. The molecule has 3 nitrogen and oxygen atoms in total. The maximum Gasteiger partial charge on any atom is 0.263 e. The van der Waals surface area contributed by atoms with E-state index in [0.717, 1.165) is 10.3 Å². The molecule has 0 aromatic carbocycles. The van der Waals surface area contributed by atoms with Crippen LogP contribution in [0.3, 0.4) is 0 Å². The van der Waals surface area contributed by atoms with Crippen molar-refractivity contribution in [3.63, 3.8) is 0 Å². The zero-order chi connectivity index (χ0) is 11.4. The van der Waals surface area contributed by atoms with Crippen LogP contribution in [0, 0.1) is 12.8 Å². The van der Waals surface area contributed by atoms with Crippen molar-refractivity contribution in [3.8, 4) is 0 Å². The molecule has 0 aliphatic rings. The average Bonchev–Trinajstić information content (AvgIpc) is 2.63. The van der Waals surface area contributed by atoms with Crippen LogP contribution in [0.15, 0.2) is 6.20 Å². The monoisotopic (exact) mass is 290 g/mol. The van der Waals surface area contributed by atoms with E-state index in [2.05, 4.69) is 33.2 Å². The van der Waals surface area contributed by atoms with Gasteiger partial charge >= 0.3 is 0 Å². The molecule has 0 saturated heterocycles. The summed E-state index contributed by atoms with van der Waals surface area (Å²) in [7, 11) is 0. The fourth-order valence-corrected chi connectivity index (χ4v) is 2.26. The third-order valence-electron chi connectivity index (χ3n) is 2.30. The number of thiazole rings is 1. The smallest absolute Gasteiger partial charge is 0.263 e. The number of aryl methyl sites for hydroxylation is 1. The van der Waals surface area contributed by atoms with Crippen LogP contribution in [0.25, 0.3) is 0 Å². The van der Waals surface area contributed by atoms with Gasteiger partial charge in [-0.15, -0.1) is 11.3 Å². The van der Waals surface area contributed by atoms with Gasteiger partial charge in [-0.2, -0.15) is 0 Å². The Morgan fingerprint density at radius 3 is 2.80 bits per heavy atom. The Morgan fingerprint density at radius 2 is 2.33 bits per heavy atom. The molecule has 0 radical (unpaired) electrons. The van der Waals surface area contributed by atoms with E-state index in [0.29, 0.717) is 10.8 Å². The maximum atomic E-state index is 11.7. The van der Waals surface area contributed by atoms with Gasteiger partial charge in [-0.05, 0) is 19.8 Å². The Bertz CT molecular complexity index is 340. The van der Waals surface area contributed by atoms with Gasteiger partial charge in [-0.3, -0.25) is 4.79 Å². The molecule has 2 unspecified atom stereocenters. The zero-order valence-corrected chi connectivity index (χ0v) is 11.5. The molecule has 0 spiro atoms. The Morgan fingerprint density at radius 1 is 1.67 bits per heavy atom. The average molecular weight is 291 g/mol. The second-order valence-corrected chi connectivity index (χ2v) is 5.52. The second-order valence-electron chi connectivity index (χ2n) is 3.64. The van der Waals surface area contributed by atoms with Crippen molar-refractivity contribution >= 4 is 33.2 Å². The van der Waals surface area contributed by atoms with Gasteiger partial charge in [0.15, 0.2) is 0 Å². The van der Waals surface area contributed by atoms with Gasteiger partial charge in [0, 0.05) is 11.4 Å². The number of hydrogen-bond acceptors (Lipinski definition) is 3. The second kappa shape index (κ2) is 5.61. The minimum atomic E-state index is -0.0269. The summed E-state index contributed by atoms with van der Waals surface area (Å²) < 4.78 is 0. The largest absolute Gasteiger partial charge is 0.349 e. The summed E-state index contributed by atoms with van der Waals surface area (Å²) in [6.45, 7) is 6.00. The number of amides is 1. The lowest BCUT2D eigenvalue weighted by molar-refractivity contribution is 0.0935. The van der Waals surface area contributed by atoms with E-state index >= 15 is 0 Å². The van der Waals surface area contributed by atoms with Gasteiger partial charge in [0.2, 0.25) is 0 Å². The SMILES string of the molecule is Cc1ncc(C(=O)NC(C)C(C)CBr)s1. The van der Waals surface area contributed by atoms with Crippen molar-refractivity contribution in [3.05, 3.63) is 16.1 Å². The van der Waals surface area contributed by atoms with Crippen LogP contribution in [0.1, 0.15) is 28.5 Å². The summed E-state index contributed by atoms with van der Waals surface area (Å²) in [5, 5.41) is 4.76. The molecule has 0 aliphatic heterocycles. The van der Waals surface area contributed by atoms with Gasteiger partial charge in [0.25, 0.3) is 5.91 Å². The molecule has 5 heteroatoms. The summed E-state index contributed by atoms with van der Waals surface area (Å²) in [6, 6.07) is 0.166. The number of carbonyl (C=O) groups excluding carboxylic acids is 1. The number of rotatable bonds is 4. The molecule has 84 valence electrons. The third-order valence-corrected chi connectivity index (χ3v) is 4.23. The lowest BCUT2D eigenvalue weighted by Crippen LogP contribution is -2.37. The van der Waals surface area contributed by atoms with E-state index in [1.807, 2.05) is 13.8 Å². The third kappa shape index (κ3) is 3.57. The van der Waals surface area contributed by atoms with Crippen LogP contribution in [-0.4, -0.2) is 22.3 Å². The van der Waals surface area contributed by atoms with Crippen molar-refractivity contribution in [2.75, 3.05) is 5.33 Å². The number of carbonyl (C=O) groups is 1. The van der Waals surface area contributed by atoms with Crippen molar-refractivity contribution < 1.29 is 4.79 Å². The first-order valence-corrected chi connectivity index (χ1v) is 6.77. The number of halogens is 1. The molecule has 1 heterocycles. The van der Waals surface area contributed by atoms with E-state index < -0.39 is 0 Å². The molecule has 15 heavy (non-hydrogen) atoms. The van der Waals surface area contributed by atoms with Gasteiger partial charge in [-0.25, -0.2) is 4.98 Å². The number of nitrogens with one attached hydrogen (secondary N) is 1. The molecular weight excluding hydrogens is 276 g/mol. The molecule has 0 saturated carbocycles. The number of nitrogens with zero attached hydrogens (tertiary/aromatic N) is 1. The van der Waals surface area contributed by atoms with E-state index in [4.69, 9.17) is 0 Å². The highest BCUT2D eigenvalue weighted by molar-refractivity contribution is 9.09. The first-order chi connectivity index (χ1) is 7.04. The van der Waals surface area contributed by atoms with E-state index in [1.165, 1.54) is 11.3 Å². The molecule has 0 aliphatic carbocycles. The molecule has 0 fully saturated rings. The van der Waals surface area contributed by atoms with Crippen LogP contribution < -0.4 is 5.32 Å². The summed E-state index contributed by atoms with van der Waals surface area (Å²) >= 11 is 4.83. The highest BCUT2D eigenvalue weighted by Gasteiger charge is 2.16. The van der Waals surface area contributed by atoms with Gasteiger partial charge < -0.3 is 5.32 Å². The Balaban J connectivity index is 2.56. The van der Waals surface area contributed by atoms with Crippen LogP contribution in [0.5, 0.6) is 0 Å². The Kier molecular flexibility index (Phi) is 4.73. The van der Waals surface area contributed by atoms with Gasteiger partial charge in [0.05, 0.1) is 11.2 Å². The molecule has 1 amide bonds. The molecule has 0 bridgehead atoms. The Labute approximate surface area is 102 Å². The van der Waals surface area contributed by atoms with Crippen molar-refractivity contribution in [1.82, 2.24) is 10.3 Å². The molecular formula is C10H15BrN2OS. The van der Waals surface area contributed by atoms with Crippen molar-refractivity contribution in [1.29, 1.82) is 0 Å². The quantitative estimate of drug-likeness (QED) is 0.866. The van der Waals surface area contributed by atoms with Crippen LogP contribution in [0.2, 0.25) is 0 Å². The van der Waals surface area contributed by atoms with E-state index in [9.17, 15) is 4.79 Å². The molecule has 1 N–H and O–H groups in total. The zero-order valence-electron chi connectivity index (χ0n) is 9.08. The number of alkyl halides is 1. The van der Waals surface area contributed by atoms with E-state index in [1.54, 1.807) is 6.20 Å². The number of aromatic nitrogens is 1. The van der Waals surface area contributed by atoms with Gasteiger partial charge in [-0.1, -0.05) is 22.9 Å². The lowest BCUT2D eigenvalue weighted by atomic mass is 10.1. The normalized spacial score (nSPS) is 14.7. The van der Waals surface area contributed by atoms with Crippen molar-refractivity contribution in [2.45, 2.75) is 26.8 Å². The first-order valence-electron chi connectivity index (χ1n) is 4.84. The molecule has 1 aromatic heterocycles. The summed E-state index contributed by atoms with van der Waals surface area (Å²) in [4.78, 5) is 16.5. The molecule has 2 atom stereocenters. The van der Waals surface area contributed by atoms with Gasteiger partial charge in [0.1, 0.15) is 4.88 Å². The lowest BCUT2D eigenvalue weighted by Gasteiger charge is -2.18. The molecule has 1 rings (SSSR count). The predicted molar refractivity (Wildman–Crippen MR) is 66.7 cm³/mol. The van der Waals surface area contributed by atoms with E-state index in [-0.39, 0.29) is 11.9 Å². The van der Waals surface area contributed by atoms with Crippen LogP contribution in [-0.2, 0) is 0 Å². The Hall–Kier alpha value is -0.420. The summed E-state index contributed by atoms with van der Waals surface area (Å²) in [5.74, 6) is 0.392. The topological polar surface area (TPSA) is 42.0 Å². The standard InChI is InChI=1S/C10H15BrN2OS/c1-6(4-11)7(2)13-10(14)9-5-12-8(3)15-9/h5-7H,4H2,1-3H3,(H,13,14).